The van der Waals surface area contributed by atoms with Crippen molar-refractivity contribution in [3.63, 3.8) is 0 Å². The Morgan fingerprint density at radius 2 is 2.27 bits per heavy atom. The van der Waals surface area contributed by atoms with Crippen molar-refractivity contribution in [3.8, 4) is 18.1 Å². The molecule has 0 bridgehead atoms. The molecule has 0 aliphatic heterocycles. The van der Waals surface area contributed by atoms with Crippen LogP contribution in [0.4, 0.5) is 10.1 Å². The van der Waals surface area contributed by atoms with E-state index in [4.69, 9.17) is 16.9 Å². The molecule has 1 aromatic rings. The number of terminal acetylenes is 1. The van der Waals surface area contributed by atoms with Gasteiger partial charge in [-0.05, 0) is 25.0 Å². The average Bonchev–Trinajstić information content (AvgIpc) is 2.20. The highest BCUT2D eigenvalue weighted by Crippen LogP contribution is 2.23. The van der Waals surface area contributed by atoms with Gasteiger partial charge in [0.2, 0.25) is 0 Å². The molecule has 0 aromatic heterocycles. The van der Waals surface area contributed by atoms with Crippen molar-refractivity contribution in [1.29, 1.82) is 0 Å². The van der Waals surface area contributed by atoms with E-state index in [9.17, 15) is 4.39 Å². The zero-order valence-electron chi connectivity index (χ0n) is 8.72. The van der Waals surface area contributed by atoms with Crippen LogP contribution in [0.1, 0.15) is 18.4 Å². The summed E-state index contributed by atoms with van der Waals surface area (Å²) in [4.78, 5) is 0. The molecule has 0 saturated carbocycles. The third-order valence-electron chi connectivity index (χ3n) is 2.04. The molecule has 15 heavy (non-hydrogen) atoms. The first-order chi connectivity index (χ1) is 7.15. The number of hydrogen-bond acceptors (Lipinski definition) is 2. The second-order valence-corrected chi connectivity index (χ2v) is 3.30. The van der Waals surface area contributed by atoms with Gasteiger partial charge in [-0.25, -0.2) is 4.39 Å². The molecular weight excluding hydrogens is 193 g/mol. The number of anilines is 1. The first kappa shape index (κ1) is 11.4. The zero-order valence-corrected chi connectivity index (χ0v) is 8.72. The topological polar surface area (TPSA) is 35.2 Å². The van der Waals surface area contributed by atoms with Crippen molar-refractivity contribution < 1.29 is 9.13 Å². The summed E-state index contributed by atoms with van der Waals surface area (Å²) in [7, 11) is 0. The van der Waals surface area contributed by atoms with Crippen LogP contribution >= 0.6 is 0 Å². The number of nitrogen functional groups attached to an aromatic ring is 1. The van der Waals surface area contributed by atoms with Gasteiger partial charge >= 0.3 is 0 Å². The van der Waals surface area contributed by atoms with Gasteiger partial charge in [-0.3, -0.25) is 0 Å². The average molecular weight is 207 g/mol. The number of hydrogen-bond donors (Lipinski definition) is 1. The lowest BCUT2D eigenvalue weighted by atomic mass is 10.2. The fourth-order valence-electron chi connectivity index (χ4n) is 1.14. The number of ether oxygens (including phenoxy) is 1. The van der Waals surface area contributed by atoms with Crippen LogP contribution in [0.25, 0.3) is 0 Å². The fourth-order valence-corrected chi connectivity index (χ4v) is 1.14. The van der Waals surface area contributed by atoms with Gasteiger partial charge in [-0.2, -0.15) is 0 Å². The van der Waals surface area contributed by atoms with Crippen LogP contribution in [-0.4, -0.2) is 6.61 Å². The van der Waals surface area contributed by atoms with E-state index in [1.54, 1.807) is 6.07 Å². The Bertz CT molecular complexity index is 382. The van der Waals surface area contributed by atoms with Gasteiger partial charge in [0.15, 0.2) is 11.6 Å². The summed E-state index contributed by atoms with van der Waals surface area (Å²) in [6, 6.07) is 2.87. The Balaban J connectivity index is 2.62. The number of benzene rings is 1. The van der Waals surface area contributed by atoms with E-state index in [2.05, 4.69) is 5.92 Å². The first-order valence-electron chi connectivity index (χ1n) is 4.77. The summed E-state index contributed by atoms with van der Waals surface area (Å²) in [6.45, 7) is 2.23. The molecule has 1 rings (SSSR count). The van der Waals surface area contributed by atoms with Gasteiger partial charge in [0.1, 0.15) is 0 Å². The molecule has 2 nitrogen and oxygen atoms in total. The second kappa shape index (κ2) is 5.26. The van der Waals surface area contributed by atoms with E-state index < -0.39 is 5.82 Å². The van der Waals surface area contributed by atoms with Crippen LogP contribution in [0.5, 0.6) is 5.75 Å². The molecule has 3 heteroatoms. The molecule has 0 aliphatic rings. The number of rotatable bonds is 4. The van der Waals surface area contributed by atoms with E-state index in [1.165, 1.54) is 6.07 Å². The Hall–Kier alpha value is -1.69. The van der Waals surface area contributed by atoms with Crippen molar-refractivity contribution in [1.82, 2.24) is 0 Å². The summed E-state index contributed by atoms with van der Waals surface area (Å²) in [6.07, 6.45) is 6.44. The van der Waals surface area contributed by atoms with Gasteiger partial charge in [-0.15, -0.1) is 12.3 Å². The van der Waals surface area contributed by atoms with E-state index in [0.717, 1.165) is 12.0 Å². The van der Waals surface area contributed by atoms with Gasteiger partial charge in [0.25, 0.3) is 0 Å². The molecule has 0 fully saturated rings. The Morgan fingerprint density at radius 3 is 2.93 bits per heavy atom. The summed E-state index contributed by atoms with van der Waals surface area (Å²) >= 11 is 0. The largest absolute Gasteiger partial charge is 0.490 e. The number of halogens is 1. The second-order valence-electron chi connectivity index (χ2n) is 3.30. The molecule has 0 unspecified atom stereocenters. The molecule has 1 aromatic carbocycles. The molecule has 2 N–H and O–H groups in total. The lowest BCUT2D eigenvalue weighted by Crippen LogP contribution is -2.00. The summed E-state index contributed by atoms with van der Waals surface area (Å²) in [5.41, 5.74) is 6.79. The highest BCUT2D eigenvalue weighted by atomic mass is 19.1. The molecule has 0 aliphatic carbocycles. The first-order valence-corrected chi connectivity index (χ1v) is 4.77. The summed E-state index contributed by atoms with van der Waals surface area (Å²) < 4.78 is 18.5. The smallest absolute Gasteiger partial charge is 0.167 e. The minimum atomic E-state index is -0.432. The van der Waals surface area contributed by atoms with E-state index >= 15 is 0 Å². The third-order valence-corrected chi connectivity index (χ3v) is 2.04. The quantitative estimate of drug-likeness (QED) is 0.467. The van der Waals surface area contributed by atoms with Gasteiger partial charge < -0.3 is 10.5 Å². The Kier molecular flexibility index (Phi) is 3.99. The normalized spacial score (nSPS) is 9.67. The van der Waals surface area contributed by atoms with Crippen molar-refractivity contribution >= 4 is 5.69 Å². The summed E-state index contributed by atoms with van der Waals surface area (Å²) in [5, 5.41) is 0. The molecule has 0 radical (unpaired) electrons. The van der Waals surface area contributed by atoms with Crippen molar-refractivity contribution in [2.45, 2.75) is 19.8 Å². The number of nitrogens with two attached hydrogens (primary N) is 1. The Labute approximate surface area is 89.2 Å². The van der Waals surface area contributed by atoms with Crippen LogP contribution < -0.4 is 10.5 Å². The van der Waals surface area contributed by atoms with Crippen LogP contribution in [-0.2, 0) is 0 Å². The van der Waals surface area contributed by atoms with E-state index in [0.29, 0.717) is 18.7 Å². The monoisotopic (exact) mass is 207 g/mol. The predicted molar refractivity (Wildman–Crippen MR) is 59.1 cm³/mol. The third kappa shape index (κ3) is 3.17. The molecule has 0 atom stereocenters. The van der Waals surface area contributed by atoms with E-state index in [-0.39, 0.29) is 5.75 Å². The maximum absolute atomic E-state index is 13.3. The maximum Gasteiger partial charge on any atom is 0.167 e. The van der Waals surface area contributed by atoms with Crippen LogP contribution in [0.3, 0.4) is 0 Å². The number of aryl methyl sites for hydroxylation is 1. The van der Waals surface area contributed by atoms with Crippen molar-refractivity contribution in [3.05, 3.63) is 23.5 Å². The zero-order chi connectivity index (χ0) is 11.3. The van der Waals surface area contributed by atoms with Crippen molar-refractivity contribution in [2.24, 2.45) is 0 Å². The van der Waals surface area contributed by atoms with Crippen LogP contribution in [0.15, 0.2) is 12.1 Å². The molecule has 0 heterocycles. The standard InChI is InChI=1S/C12H14FNO/c1-3-4-5-6-15-12-7-9(2)11(14)8-10(12)13/h1,7-8H,4-6,14H2,2H3. The maximum atomic E-state index is 13.3. The molecule has 0 spiro atoms. The highest BCUT2D eigenvalue weighted by Gasteiger charge is 2.05. The van der Waals surface area contributed by atoms with E-state index in [1.807, 2.05) is 6.92 Å². The van der Waals surface area contributed by atoms with Gasteiger partial charge in [0.05, 0.1) is 6.61 Å². The van der Waals surface area contributed by atoms with Gasteiger partial charge in [0, 0.05) is 18.2 Å². The fraction of sp³-hybridized carbons (Fsp3) is 0.333. The molecule has 0 amide bonds. The van der Waals surface area contributed by atoms with Crippen LogP contribution in [0, 0.1) is 25.1 Å². The lowest BCUT2D eigenvalue weighted by Gasteiger charge is -2.08. The van der Waals surface area contributed by atoms with Crippen LogP contribution in [0.2, 0.25) is 0 Å². The number of unbranched alkanes of at least 4 members (excludes halogenated alkanes) is 1. The van der Waals surface area contributed by atoms with Gasteiger partial charge in [-0.1, -0.05) is 0 Å². The molecule has 0 saturated heterocycles. The molecular formula is C12H14FNO. The lowest BCUT2D eigenvalue weighted by molar-refractivity contribution is 0.297. The SMILES string of the molecule is C#CCCCOc1cc(C)c(N)cc1F. The minimum Gasteiger partial charge on any atom is -0.490 e. The van der Waals surface area contributed by atoms with Crippen molar-refractivity contribution in [2.75, 3.05) is 12.3 Å². The minimum absolute atomic E-state index is 0.235. The molecule has 80 valence electrons. The Morgan fingerprint density at radius 1 is 1.53 bits per heavy atom. The predicted octanol–water partition coefficient (Wildman–Crippen LogP) is 2.51. The summed E-state index contributed by atoms with van der Waals surface area (Å²) in [5.74, 6) is 2.30. The highest BCUT2D eigenvalue weighted by molar-refractivity contribution is 5.50.